The maximum atomic E-state index is 2.29. The molecule has 0 spiro atoms. The minimum absolute atomic E-state index is 1.21. The van der Waals surface area contributed by atoms with Gasteiger partial charge >= 0.3 is 0 Å². The van der Waals surface area contributed by atoms with Crippen LogP contribution in [-0.4, -0.2) is 0 Å². The minimum Gasteiger partial charge on any atom is -0.0845 e. The lowest BCUT2D eigenvalue weighted by Crippen LogP contribution is -1.77. The van der Waals surface area contributed by atoms with E-state index in [9.17, 15) is 0 Å². The van der Waals surface area contributed by atoms with Gasteiger partial charge in [0.25, 0.3) is 0 Å². The lowest BCUT2D eigenvalue weighted by Gasteiger charge is -1.97. The van der Waals surface area contributed by atoms with Crippen LogP contribution in [0.5, 0.6) is 0 Å². The summed E-state index contributed by atoms with van der Waals surface area (Å²) in [5, 5.41) is 0. The highest BCUT2D eigenvalue weighted by Gasteiger charge is 1.87. The molecule has 0 fully saturated rings. The Balaban J connectivity index is 3.26. The molecule has 0 aliphatic carbocycles. The summed E-state index contributed by atoms with van der Waals surface area (Å²) in [6.07, 6.45) is 26.5. The predicted octanol–water partition coefficient (Wildman–Crippen LogP) is 6.60. The summed E-state index contributed by atoms with van der Waals surface area (Å²) in [7, 11) is 0. The summed E-state index contributed by atoms with van der Waals surface area (Å²) in [6.45, 7) is 4.50. The fourth-order valence-electron chi connectivity index (χ4n) is 1.84. The molecule has 0 heterocycles. The molecule has 0 rings (SSSR count). The largest absolute Gasteiger partial charge is 0.0845 e. The normalized spacial score (nSPS) is 12.3. The van der Waals surface area contributed by atoms with Gasteiger partial charge in [-0.3, -0.25) is 0 Å². The average Bonchev–Trinajstić information content (AvgIpc) is 2.39. The molecule has 0 amide bonds. The molecular weight excluding hydrogens is 216 g/mol. The standard InChI is InChI=1S/C18H32/c1-3-5-7-9-11-13-15-17-18-16-14-12-10-8-6-4-2/h9,11,13,15,17-18H,3-8,10,12,14,16H2,1-2H3/b11-9-,15-13+,18-17+. The first-order valence-electron chi connectivity index (χ1n) is 7.90. The zero-order valence-corrected chi connectivity index (χ0v) is 12.5. The third-order valence-corrected chi connectivity index (χ3v) is 3.05. The van der Waals surface area contributed by atoms with Gasteiger partial charge in [0.2, 0.25) is 0 Å². The molecule has 0 aliphatic rings. The summed E-state index contributed by atoms with van der Waals surface area (Å²) in [6, 6.07) is 0. The summed E-state index contributed by atoms with van der Waals surface area (Å²) >= 11 is 0. The van der Waals surface area contributed by atoms with Crippen molar-refractivity contribution >= 4 is 0 Å². The molecule has 0 saturated heterocycles. The maximum Gasteiger partial charge on any atom is -0.0348 e. The first-order valence-corrected chi connectivity index (χ1v) is 7.90. The van der Waals surface area contributed by atoms with Gasteiger partial charge in [0.05, 0.1) is 0 Å². The van der Waals surface area contributed by atoms with Gasteiger partial charge in [-0.1, -0.05) is 95.2 Å². The van der Waals surface area contributed by atoms with E-state index in [4.69, 9.17) is 0 Å². The van der Waals surface area contributed by atoms with Crippen LogP contribution < -0.4 is 0 Å². The lowest BCUT2D eigenvalue weighted by molar-refractivity contribution is 0.611. The minimum atomic E-state index is 1.21. The molecule has 0 aromatic rings. The van der Waals surface area contributed by atoms with Crippen LogP contribution >= 0.6 is 0 Å². The Morgan fingerprint density at radius 3 is 1.61 bits per heavy atom. The van der Waals surface area contributed by atoms with Crippen LogP contribution in [0.4, 0.5) is 0 Å². The van der Waals surface area contributed by atoms with Crippen LogP contribution in [0.1, 0.15) is 78.1 Å². The maximum absolute atomic E-state index is 2.29. The van der Waals surface area contributed by atoms with Gasteiger partial charge in [0, 0.05) is 0 Å². The smallest absolute Gasteiger partial charge is 0.0348 e. The van der Waals surface area contributed by atoms with E-state index in [1.165, 1.54) is 64.2 Å². The van der Waals surface area contributed by atoms with Crippen LogP contribution in [-0.2, 0) is 0 Å². The van der Waals surface area contributed by atoms with Crippen LogP contribution in [0, 0.1) is 0 Å². The van der Waals surface area contributed by atoms with E-state index < -0.39 is 0 Å². The van der Waals surface area contributed by atoms with E-state index in [2.05, 4.69) is 50.3 Å². The molecule has 18 heavy (non-hydrogen) atoms. The molecule has 0 nitrogen and oxygen atoms in total. The van der Waals surface area contributed by atoms with E-state index in [-0.39, 0.29) is 0 Å². The SMILES string of the molecule is CCCC\C=C/C=C/C=C/CCCCCCCC. The zero-order valence-electron chi connectivity index (χ0n) is 12.5. The fourth-order valence-corrected chi connectivity index (χ4v) is 1.84. The van der Waals surface area contributed by atoms with Gasteiger partial charge in [-0.15, -0.1) is 0 Å². The van der Waals surface area contributed by atoms with Crippen molar-refractivity contribution in [2.45, 2.75) is 78.1 Å². The molecule has 0 heteroatoms. The molecular formula is C18H32. The van der Waals surface area contributed by atoms with E-state index in [0.717, 1.165) is 0 Å². The Labute approximate surface area is 115 Å². The van der Waals surface area contributed by atoms with Crippen LogP contribution in [0.3, 0.4) is 0 Å². The first kappa shape index (κ1) is 17.2. The molecule has 0 radical (unpaired) electrons. The monoisotopic (exact) mass is 248 g/mol. The summed E-state index contributed by atoms with van der Waals surface area (Å²) in [5.74, 6) is 0. The Morgan fingerprint density at radius 2 is 1.00 bits per heavy atom. The second-order valence-corrected chi connectivity index (χ2v) is 4.94. The Kier molecular flexibility index (Phi) is 15.5. The van der Waals surface area contributed by atoms with Crippen LogP contribution in [0.2, 0.25) is 0 Å². The van der Waals surface area contributed by atoms with Crippen molar-refractivity contribution in [3.8, 4) is 0 Å². The third-order valence-electron chi connectivity index (χ3n) is 3.05. The number of allylic oxidation sites excluding steroid dienone is 6. The van der Waals surface area contributed by atoms with E-state index in [0.29, 0.717) is 0 Å². The highest BCUT2D eigenvalue weighted by Crippen LogP contribution is 2.07. The Hall–Kier alpha value is -0.780. The van der Waals surface area contributed by atoms with Gasteiger partial charge < -0.3 is 0 Å². The van der Waals surface area contributed by atoms with Crippen molar-refractivity contribution in [1.29, 1.82) is 0 Å². The Morgan fingerprint density at radius 1 is 0.500 bits per heavy atom. The molecule has 0 aromatic carbocycles. The number of hydrogen-bond donors (Lipinski definition) is 0. The molecule has 0 aromatic heterocycles. The van der Waals surface area contributed by atoms with E-state index in [1.807, 2.05) is 0 Å². The lowest BCUT2D eigenvalue weighted by atomic mass is 10.1. The highest BCUT2D eigenvalue weighted by molar-refractivity contribution is 5.10. The van der Waals surface area contributed by atoms with Crippen molar-refractivity contribution in [3.05, 3.63) is 36.5 Å². The molecule has 0 unspecified atom stereocenters. The predicted molar refractivity (Wildman–Crippen MR) is 84.9 cm³/mol. The van der Waals surface area contributed by atoms with E-state index in [1.54, 1.807) is 0 Å². The van der Waals surface area contributed by atoms with Gasteiger partial charge in [0.15, 0.2) is 0 Å². The van der Waals surface area contributed by atoms with E-state index >= 15 is 0 Å². The molecule has 0 bridgehead atoms. The third kappa shape index (κ3) is 15.2. The summed E-state index contributed by atoms with van der Waals surface area (Å²) in [4.78, 5) is 0. The molecule has 0 N–H and O–H groups in total. The average molecular weight is 248 g/mol. The van der Waals surface area contributed by atoms with Gasteiger partial charge in [0.1, 0.15) is 0 Å². The fraction of sp³-hybridized carbons (Fsp3) is 0.667. The second kappa shape index (κ2) is 16.2. The Bertz CT molecular complexity index is 220. The van der Waals surface area contributed by atoms with Crippen LogP contribution in [0.25, 0.3) is 0 Å². The second-order valence-electron chi connectivity index (χ2n) is 4.94. The van der Waals surface area contributed by atoms with Gasteiger partial charge in [-0.05, 0) is 19.3 Å². The van der Waals surface area contributed by atoms with Gasteiger partial charge in [-0.25, -0.2) is 0 Å². The van der Waals surface area contributed by atoms with Crippen molar-refractivity contribution < 1.29 is 0 Å². The first-order chi connectivity index (χ1) is 8.91. The van der Waals surface area contributed by atoms with Gasteiger partial charge in [-0.2, -0.15) is 0 Å². The highest BCUT2D eigenvalue weighted by atomic mass is 13.9. The number of hydrogen-bond acceptors (Lipinski definition) is 0. The van der Waals surface area contributed by atoms with Crippen molar-refractivity contribution in [3.63, 3.8) is 0 Å². The summed E-state index contributed by atoms with van der Waals surface area (Å²) in [5.41, 5.74) is 0. The molecule has 0 aliphatic heterocycles. The van der Waals surface area contributed by atoms with Crippen molar-refractivity contribution in [2.75, 3.05) is 0 Å². The molecule has 0 atom stereocenters. The molecule has 0 saturated carbocycles. The van der Waals surface area contributed by atoms with Crippen LogP contribution in [0.15, 0.2) is 36.5 Å². The number of unbranched alkanes of at least 4 members (excludes halogenated alkanes) is 8. The van der Waals surface area contributed by atoms with Crippen molar-refractivity contribution in [1.82, 2.24) is 0 Å². The quantitative estimate of drug-likeness (QED) is 0.270. The topological polar surface area (TPSA) is 0 Å². The zero-order chi connectivity index (χ0) is 13.3. The molecule has 104 valence electrons. The summed E-state index contributed by atoms with van der Waals surface area (Å²) < 4.78 is 0. The van der Waals surface area contributed by atoms with Crippen molar-refractivity contribution in [2.24, 2.45) is 0 Å². The number of rotatable bonds is 12.